The first-order chi connectivity index (χ1) is 13.7. The van der Waals surface area contributed by atoms with Crippen molar-refractivity contribution in [1.82, 2.24) is 0 Å². The molecular weight excluding hydrogens is 632 g/mol. The number of rotatable bonds is 0. The molecule has 0 aromatic heterocycles. The molecule has 0 aromatic rings. The summed E-state index contributed by atoms with van der Waals surface area (Å²) in [6.07, 6.45) is 0. The molecule has 0 unspecified atom stereocenters. The van der Waals surface area contributed by atoms with Crippen LogP contribution in [0.1, 0.15) is 83.1 Å². The van der Waals surface area contributed by atoms with Crippen molar-refractivity contribution in [3.05, 3.63) is 0 Å². The zero-order valence-corrected chi connectivity index (χ0v) is 27.8. The van der Waals surface area contributed by atoms with E-state index in [0.29, 0.717) is 0 Å². The Labute approximate surface area is 221 Å². The molecule has 0 saturated heterocycles. The van der Waals surface area contributed by atoms with Gasteiger partial charge in [0.05, 0.1) is 0 Å². The summed E-state index contributed by atoms with van der Waals surface area (Å²) in [5.41, 5.74) is 0. The Morgan fingerprint density at radius 1 is 0.400 bits per heavy atom. The van der Waals surface area contributed by atoms with Crippen LogP contribution in [0.4, 0.5) is 0 Å². The molecule has 188 valence electrons. The molecule has 0 spiro atoms. The van der Waals surface area contributed by atoms with Gasteiger partial charge in [0.1, 0.15) is 0 Å². The Kier molecular flexibility index (Phi) is 19.5. The molecule has 30 heavy (non-hydrogen) atoms. The fourth-order valence-electron chi connectivity index (χ4n) is 5.75. The molecule has 2 aliphatic carbocycles. The van der Waals surface area contributed by atoms with Crippen LogP contribution in [-0.4, -0.2) is 0 Å². The molecule has 0 nitrogen and oxygen atoms in total. The van der Waals surface area contributed by atoms with Crippen LogP contribution in [0.15, 0.2) is 0 Å². The third kappa shape index (κ3) is 10.3. The van der Waals surface area contributed by atoms with Crippen molar-refractivity contribution in [1.29, 1.82) is 0 Å². The molecule has 0 amide bonds. The van der Waals surface area contributed by atoms with E-state index >= 15 is 0 Å². The second kappa shape index (κ2) is 16.9. The van der Waals surface area contributed by atoms with Crippen LogP contribution in [0.5, 0.6) is 0 Å². The van der Waals surface area contributed by atoms with Gasteiger partial charge in [0.25, 0.3) is 0 Å². The van der Waals surface area contributed by atoms with Crippen LogP contribution in [0.3, 0.4) is 0 Å². The summed E-state index contributed by atoms with van der Waals surface area (Å²) in [5, 5.41) is 0. The van der Waals surface area contributed by atoms with Gasteiger partial charge in [0.2, 0.25) is 0 Å². The van der Waals surface area contributed by atoms with Gasteiger partial charge in [-0.2, -0.15) is 0 Å². The Bertz CT molecular complexity index is 282. The number of hydrogen-bond acceptors (Lipinski definition) is 0. The minimum atomic E-state index is -1.53. The van der Waals surface area contributed by atoms with Crippen LogP contribution in [-0.2, 0) is 30.3 Å². The number of halogens is 4. The topological polar surface area (TPSA) is 0 Å². The number of hydrogen-bond donors (Lipinski definition) is 0. The van der Waals surface area contributed by atoms with E-state index in [1.165, 1.54) is 0 Å². The van der Waals surface area contributed by atoms with E-state index in [9.17, 15) is 0 Å². The van der Waals surface area contributed by atoms with E-state index < -0.39 is 13.0 Å². The van der Waals surface area contributed by atoms with Crippen molar-refractivity contribution in [3.63, 3.8) is 0 Å². The molecule has 2 aliphatic rings. The predicted molar refractivity (Wildman–Crippen MR) is 124 cm³/mol. The van der Waals surface area contributed by atoms with Gasteiger partial charge in [-0.3, -0.25) is 0 Å². The van der Waals surface area contributed by atoms with Crippen LogP contribution in [0.2, 0.25) is 0 Å². The second-order valence-electron chi connectivity index (χ2n) is 10.5. The summed E-state index contributed by atoms with van der Waals surface area (Å²) in [4.78, 5) is 0. The van der Waals surface area contributed by atoms with Crippen LogP contribution in [0, 0.1) is 90.4 Å². The average molecular weight is 683 g/mol. The second-order valence-corrected chi connectivity index (χ2v) is 19.3. The third-order valence-corrected chi connectivity index (χ3v) is 9.95. The van der Waals surface area contributed by atoms with Gasteiger partial charge < -0.3 is 0 Å². The van der Waals surface area contributed by atoms with Gasteiger partial charge in [-0.1, -0.05) is 83.1 Å². The fraction of sp³-hybridized carbons (Fsp3) is 1.00. The van der Waals surface area contributed by atoms with Crippen molar-refractivity contribution in [2.75, 3.05) is 0 Å². The Morgan fingerprint density at radius 2 is 0.433 bits per heavy atom. The van der Waals surface area contributed by atoms with Crippen molar-refractivity contribution >= 4 is 19.4 Å². The van der Waals surface area contributed by atoms with Crippen LogP contribution >= 0.6 is 19.4 Å². The summed E-state index contributed by atoms with van der Waals surface area (Å²) >= 11 is 0.291. The van der Waals surface area contributed by atoms with E-state index in [1.807, 2.05) is 17.3 Å². The van der Waals surface area contributed by atoms with Crippen LogP contribution < -0.4 is 0 Å². The van der Waals surface area contributed by atoms with Crippen molar-refractivity contribution in [2.24, 2.45) is 71.0 Å². The summed E-state index contributed by atoms with van der Waals surface area (Å²) < 4.78 is 0. The normalized spacial score (nSPS) is 46.1. The summed E-state index contributed by atoms with van der Waals surface area (Å²) in [6.45, 7) is 29.1. The first-order valence-corrected chi connectivity index (χ1v) is 20.8. The third-order valence-electron chi connectivity index (χ3n) is 9.95. The van der Waals surface area contributed by atoms with E-state index in [-0.39, 0.29) is 0 Å². The average Bonchev–Trinajstić information content (AvgIpc) is 2.72. The molecule has 0 heterocycles. The fourth-order valence-corrected chi connectivity index (χ4v) is 5.75. The summed E-state index contributed by atoms with van der Waals surface area (Å²) in [5.74, 6) is 10.9. The van der Waals surface area contributed by atoms with Gasteiger partial charge in [-0.15, -0.1) is 0 Å². The van der Waals surface area contributed by atoms with Crippen molar-refractivity contribution < 1.29 is 49.7 Å². The quantitative estimate of drug-likeness (QED) is 0.225. The maximum atomic E-state index is 5.05. The standard InChI is InChI=1S/2C12H24.4ClH.2Ru/c2*1-7-8(2)10(4)12(6)11(5)9(7)3;;;;;;/h2*7-12H,1-6H3;4*1H;;/q;;;;;;+1;+3/p-2. The molecule has 6 heteroatoms. The molecule has 0 radical (unpaired) electrons. The molecular formula is C24H50Cl4Ru2+2. The summed E-state index contributed by atoms with van der Waals surface area (Å²) in [6, 6.07) is 0. The molecule has 0 aliphatic heterocycles. The van der Waals surface area contributed by atoms with Crippen LogP contribution in [0.25, 0.3) is 0 Å². The monoisotopic (exact) mass is 682 g/mol. The van der Waals surface area contributed by atoms with E-state index in [0.717, 1.165) is 71.0 Å². The van der Waals surface area contributed by atoms with E-state index in [1.54, 1.807) is 0 Å². The molecule has 0 atom stereocenters. The van der Waals surface area contributed by atoms with Gasteiger partial charge in [0, 0.05) is 0 Å². The Balaban J connectivity index is 0. The first-order valence-electron chi connectivity index (χ1n) is 11.5. The van der Waals surface area contributed by atoms with Gasteiger partial charge in [0.15, 0.2) is 0 Å². The van der Waals surface area contributed by atoms with Gasteiger partial charge in [-0.05, 0) is 71.0 Å². The zero-order valence-electron chi connectivity index (χ0n) is 21.2. The zero-order chi connectivity index (χ0) is 24.5. The van der Waals surface area contributed by atoms with E-state index in [4.69, 9.17) is 9.69 Å². The Morgan fingerprint density at radius 3 is 0.467 bits per heavy atom. The molecule has 0 bridgehead atoms. The molecule has 2 fully saturated rings. The summed E-state index contributed by atoms with van der Waals surface area (Å²) in [7, 11) is 18.3. The Hall–Kier alpha value is 2.41. The molecule has 2 saturated carbocycles. The molecule has 2 rings (SSSR count). The van der Waals surface area contributed by atoms with Crippen molar-refractivity contribution in [2.45, 2.75) is 83.1 Å². The predicted octanol–water partition coefficient (Wildman–Crippen LogP) is 8.47. The van der Waals surface area contributed by atoms with Gasteiger partial charge in [-0.25, -0.2) is 0 Å². The maximum absolute atomic E-state index is 5.05. The molecule has 0 aromatic carbocycles. The first kappa shape index (κ1) is 34.6. The van der Waals surface area contributed by atoms with E-state index in [2.05, 4.69) is 112 Å². The SMILES string of the molecule is CC1C(C)C(C)C(C)C(C)C1C.CC1C(C)C(C)C(C)C(C)C1C.[Cl][Ru].[Cl][Ru]([ClH+])[ClH+]. The van der Waals surface area contributed by atoms with Crippen molar-refractivity contribution in [3.8, 4) is 0 Å². The van der Waals surface area contributed by atoms with Gasteiger partial charge >= 0.3 is 69.1 Å². The minimum absolute atomic E-state index is 0.909. The molecule has 0 N–H and O–H groups in total.